The van der Waals surface area contributed by atoms with E-state index < -0.39 is 11.9 Å². The summed E-state index contributed by atoms with van der Waals surface area (Å²) in [6, 6.07) is 16.0. The van der Waals surface area contributed by atoms with Crippen molar-refractivity contribution in [3.63, 3.8) is 0 Å². The lowest BCUT2D eigenvalue weighted by Crippen LogP contribution is -2.29. The summed E-state index contributed by atoms with van der Waals surface area (Å²) in [5.74, 6) is -0.636. The summed E-state index contributed by atoms with van der Waals surface area (Å²) in [7, 11) is 2.49. The molecule has 3 aromatic rings. The van der Waals surface area contributed by atoms with E-state index in [4.69, 9.17) is 14.2 Å². The Morgan fingerprint density at radius 3 is 2.29 bits per heavy atom. The summed E-state index contributed by atoms with van der Waals surface area (Å²) in [6.45, 7) is 1.69. The van der Waals surface area contributed by atoms with Crippen molar-refractivity contribution in [2.45, 2.75) is 12.8 Å². The van der Waals surface area contributed by atoms with Crippen molar-refractivity contribution in [2.75, 3.05) is 33.9 Å². The average Bonchev–Trinajstić information content (AvgIpc) is 3.48. The first-order valence-corrected chi connectivity index (χ1v) is 10.9. The van der Waals surface area contributed by atoms with Crippen LogP contribution in [0.1, 0.15) is 33.7 Å². The van der Waals surface area contributed by atoms with Gasteiger partial charge in [-0.2, -0.15) is 5.10 Å². The number of hydrogen-bond acceptors (Lipinski definition) is 7. The van der Waals surface area contributed by atoms with Gasteiger partial charge in [0.25, 0.3) is 0 Å². The Balaban J connectivity index is 1.65. The van der Waals surface area contributed by atoms with Gasteiger partial charge in [-0.25, -0.2) is 14.3 Å². The molecule has 9 nitrogen and oxygen atoms in total. The Kier molecular flexibility index (Phi) is 6.91. The number of nitrogens with zero attached hydrogens (tertiary/aromatic N) is 3. The first-order chi connectivity index (χ1) is 16.5. The van der Waals surface area contributed by atoms with E-state index in [9.17, 15) is 14.4 Å². The third-order valence-electron chi connectivity index (χ3n) is 5.58. The highest BCUT2D eigenvalue weighted by molar-refractivity contribution is 6.06. The van der Waals surface area contributed by atoms with Crippen LogP contribution >= 0.6 is 0 Å². The zero-order valence-electron chi connectivity index (χ0n) is 19.0. The molecule has 0 atom stereocenters. The normalized spacial score (nSPS) is 13.1. The molecule has 1 aliphatic heterocycles. The molecule has 0 radical (unpaired) electrons. The quantitative estimate of drug-likeness (QED) is 0.473. The molecular formula is C25H25N3O6. The number of para-hydroxylation sites is 1. The Morgan fingerprint density at radius 1 is 0.971 bits per heavy atom. The second-order valence-corrected chi connectivity index (χ2v) is 7.66. The van der Waals surface area contributed by atoms with Gasteiger partial charge in [-0.15, -0.1) is 0 Å². The van der Waals surface area contributed by atoms with Crippen molar-refractivity contribution in [2.24, 2.45) is 0 Å². The van der Waals surface area contributed by atoms with E-state index in [1.165, 1.54) is 18.9 Å². The van der Waals surface area contributed by atoms with Crippen LogP contribution in [-0.2, 0) is 14.3 Å². The van der Waals surface area contributed by atoms with Crippen LogP contribution in [0.2, 0.25) is 0 Å². The van der Waals surface area contributed by atoms with Gasteiger partial charge in [0, 0.05) is 18.5 Å². The predicted molar refractivity (Wildman–Crippen MR) is 123 cm³/mol. The van der Waals surface area contributed by atoms with Gasteiger partial charge in [0.1, 0.15) is 23.6 Å². The lowest BCUT2D eigenvalue weighted by molar-refractivity contribution is -0.128. The summed E-state index contributed by atoms with van der Waals surface area (Å²) >= 11 is 0. The van der Waals surface area contributed by atoms with Gasteiger partial charge < -0.3 is 19.1 Å². The molecule has 0 N–H and O–H groups in total. The number of carbonyl (C=O) groups excluding carboxylic acids is 3. The van der Waals surface area contributed by atoms with Crippen molar-refractivity contribution in [1.29, 1.82) is 0 Å². The molecule has 0 unspecified atom stereocenters. The van der Waals surface area contributed by atoms with E-state index >= 15 is 0 Å². The summed E-state index contributed by atoms with van der Waals surface area (Å²) in [5.41, 5.74) is 1.47. The molecule has 1 aliphatic rings. The van der Waals surface area contributed by atoms with Crippen molar-refractivity contribution in [3.05, 3.63) is 65.9 Å². The second kappa shape index (κ2) is 10.2. The van der Waals surface area contributed by atoms with Gasteiger partial charge in [0.05, 0.1) is 26.5 Å². The number of carbonyl (C=O) groups is 3. The fourth-order valence-electron chi connectivity index (χ4n) is 3.88. The first-order valence-electron chi connectivity index (χ1n) is 10.9. The Bertz CT molecular complexity index is 1190. The molecule has 0 aliphatic carbocycles. The van der Waals surface area contributed by atoms with Gasteiger partial charge in [0.2, 0.25) is 5.91 Å². The highest BCUT2D eigenvalue weighted by atomic mass is 16.5. The van der Waals surface area contributed by atoms with Crippen LogP contribution < -0.4 is 4.74 Å². The lowest BCUT2D eigenvalue weighted by atomic mass is 10.1. The van der Waals surface area contributed by atoms with Crippen molar-refractivity contribution in [3.8, 4) is 22.7 Å². The largest absolute Gasteiger partial charge is 0.492 e. The number of rotatable bonds is 8. The molecule has 4 rings (SSSR count). The summed E-state index contributed by atoms with van der Waals surface area (Å²) in [6.07, 6.45) is 1.49. The summed E-state index contributed by atoms with van der Waals surface area (Å²) in [5, 5.41) is 4.57. The Morgan fingerprint density at radius 2 is 1.68 bits per heavy atom. The molecule has 1 fully saturated rings. The number of esters is 2. The lowest BCUT2D eigenvalue weighted by Gasteiger charge is -2.15. The maximum Gasteiger partial charge on any atom is 0.357 e. The maximum atomic E-state index is 12.7. The minimum atomic E-state index is -0.709. The van der Waals surface area contributed by atoms with E-state index in [1.54, 1.807) is 53.4 Å². The minimum Gasteiger partial charge on any atom is -0.492 e. The third-order valence-corrected chi connectivity index (χ3v) is 5.58. The molecule has 1 aromatic heterocycles. The number of aromatic nitrogens is 2. The summed E-state index contributed by atoms with van der Waals surface area (Å²) < 4.78 is 17.1. The molecule has 2 heterocycles. The van der Waals surface area contributed by atoms with E-state index in [2.05, 4.69) is 5.10 Å². The predicted octanol–water partition coefficient (Wildman–Crippen LogP) is 3.11. The standard InChI is InChI=1S/C25H25N3O6/c1-32-24(30)21-22(26-28(23(21)25(31)33-2)18-7-4-3-5-8-18)17-10-12-19(13-11-17)34-16-15-27-14-6-9-20(27)29/h3-5,7-8,10-13H,6,9,14-16H2,1-2H3. The van der Waals surface area contributed by atoms with Gasteiger partial charge in [0.15, 0.2) is 5.69 Å². The zero-order chi connectivity index (χ0) is 24.1. The molecule has 176 valence electrons. The van der Waals surface area contributed by atoms with Crippen molar-refractivity contribution in [1.82, 2.24) is 14.7 Å². The number of ether oxygens (including phenoxy) is 3. The van der Waals surface area contributed by atoms with Crippen LogP contribution in [-0.4, -0.2) is 66.4 Å². The molecule has 9 heteroatoms. The summed E-state index contributed by atoms with van der Waals surface area (Å²) in [4.78, 5) is 38.9. The molecular weight excluding hydrogens is 438 g/mol. The fraction of sp³-hybridized carbons (Fsp3) is 0.280. The van der Waals surface area contributed by atoms with Crippen LogP contribution in [0.15, 0.2) is 54.6 Å². The van der Waals surface area contributed by atoms with E-state index in [0.29, 0.717) is 36.6 Å². The highest BCUT2D eigenvalue weighted by Crippen LogP contribution is 2.30. The Hall–Kier alpha value is -4.14. The second-order valence-electron chi connectivity index (χ2n) is 7.66. The van der Waals surface area contributed by atoms with E-state index in [-0.39, 0.29) is 22.9 Å². The topological polar surface area (TPSA) is 100.0 Å². The van der Waals surface area contributed by atoms with Gasteiger partial charge in [-0.3, -0.25) is 4.79 Å². The molecule has 34 heavy (non-hydrogen) atoms. The molecule has 2 aromatic carbocycles. The van der Waals surface area contributed by atoms with Gasteiger partial charge in [-0.1, -0.05) is 18.2 Å². The number of amides is 1. The van der Waals surface area contributed by atoms with E-state index in [1.807, 2.05) is 6.07 Å². The van der Waals surface area contributed by atoms with E-state index in [0.717, 1.165) is 13.0 Å². The molecule has 1 amide bonds. The van der Waals surface area contributed by atoms with Gasteiger partial charge in [-0.05, 0) is 42.8 Å². The van der Waals surface area contributed by atoms with Crippen LogP contribution in [0.4, 0.5) is 0 Å². The van der Waals surface area contributed by atoms with Crippen molar-refractivity contribution < 1.29 is 28.6 Å². The number of benzene rings is 2. The molecule has 0 bridgehead atoms. The molecule has 1 saturated heterocycles. The first kappa shape index (κ1) is 23.0. The smallest absolute Gasteiger partial charge is 0.357 e. The number of likely N-dealkylation sites (tertiary alicyclic amines) is 1. The molecule has 0 spiro atoms. The fourth-order valence-corrected chi connectivity index (χ4v) is 3.88. The van der Waals surface area contributed by atoms with Crippen LogP contribution in [0.3, 0.4) is 0 Å². The minimum absolute atomic E-state index is 0.0133. The maximum absolute atomic E-state index is 12.7. The molecule has 0 saturated carbocycles. The van der Waals surface area contributed by atoms with Crippen LogP contribution in [0, 0.1) is 0 Å². The average molecular weight is 463 g/mol. The SMILES string of the molecule is COC(=O)c1c(-c2ccc(OCCN3CCCC3=O)cc2)nn(-c2ccccc2)c1C(=O)OC. The Labute approximate surface area is 196 Å². The number of hydrogen-bond donors (Lipinski definition) is 0. The van der Waals surface area contributed by atoms with Crippen molar-refractivity contribution >= 4 is 17.8 Å². The van der Waals surface area contributed by atoms with Crippen LogP contribution in [0.25, 0.3) is 16.9 Å². The third kappa shape index (κ3) is 4.63. The number of methoxy groups -OCH3 is 2. The van der Waals surface area contributed by atoms with Crippen LogP contribution in [0.5, 0.6) is 5.75 Å². The van der Waals surface area contributed by atoms with Gasteiger partial charge >= 0.3 is 11.9 Å². The highest BCUT2D eigenvalue weighted by Gasteiger charge is 2.31. The zero-order valence-corrected chi connectivity index (χ0v) is 19.0. The monoisotopic (exact) mass is 463 g/mol.